The number of aryl methyl sites for hydroxylation is 2. The summed E-state index contributed by atoms with van der Waals surface area (Å²) in [4.78, 5) is 24.5. The number of para-hydroxylation sites is 1. The lowest BCUT2D eigenvalue weighted by atomic mass is 10.1. The van der Waals surface area contributed by atoms with Gasteiger partial charge in [-0.05, 0) is 51.3 Å². The second-order valence-corrected chi connectivity index (χ2v) is 7.73. The molecule has 1 heterocycles. The van der Waals surface area contributed by atoms with Gasteiger partial charge >= 0.3 is 5.97 Å². The summed E-state index contributed by atoms with van der Waals surface area (Å²) in [5.74, 6) is -0.728. The van der Waals surface area contributed by atoms with Crippen molar-refractivity contribution in [3.63, 3.8) is 0 Å². The van der Waals surface area contributed by atoms with E-state index < -0.39 is 5.97 Å². The molecule has 0 spiro atoms. The molecule has 0 saturated carbocycles. The monoisotopic (exact) mass is 419 g/mol. The molecule has 6 heteroatoms. The van der Waals surface area contributed by atoms with E-state index in [1.54, 1.807) is 0 Å². The van der Waals surface area contributed by atoms with Gasteiger partial charge in [0, 0.05) is 17.3 Å². The Morgan fingerprint density at radius 2 is 1.68 bits per heavy atom. The summed E-state index contributed by atoms with van der Waals surface area (Å²) in [6.45, 7) is 5.47. The third-order valence-electron chi connectivity index (χ3n) is 5.24. The number of carbonyl (C=O) groups excluding carboxylic acids is 2. The van der Waals surface area contributed by atoms with Crippen molar-refractivity contribution in [3.8, 4) is 5.69 Å². The molecule has 1 N–H and O–H groups in total. The Labute approximate surface area is 183 Å². The van der Waals surface area contributed by atoms with Crippen LogP contribution in [0.15, 0.2) is 60.7 Å². The number of nitrogens with one attached hydrogen (secondary N) is 1. The number of amides is 1. The highest BCUT2D eigenvalue weighted by Crippen LogP contribution is 2.18. The molecule has 0 saturated heterocycles. The fraction of sp³-hybridized carbons (Fsp3) is 0.320. The van der Waals surface area contributed by atoms with Crippen LogP contribution < -0.4 is 5.32 Å². The van der Waals surface area contributed by atoms with E-state index in [-0.39, 0.29) is 25.0 Å². The average molecular weight is 420 g/mol. The zero-order valence-electron chi connectivity index (χ0n) is 18.3. The third-order valence-corrected chi connectivity index (χ3v) is 5.24. The van der Waals surface area contributed by atoms with Crippen LogP contribution in [0.1, 0.15) is 35.9 Å². The topological polar surface area (TPSA) is 73.2 Å². The van der Waals surface area contributed by atoms with Gasteiger partial charge in [-0.3, -0.25) is 9.59 Å². The van der Waals surface area contributed by atoms with Gasteiger partial charge in [0.1, 0.15) is 0 Å². The number of rotatable bonds is 9. The van der Waals surface area contributed by atoms with Gasteiger partial charge in [-0.15, -0.1) is 0 Å². The predicted octanol–water partition coefficient (Wildman–Crippen LogP) is 3.71. The standard InChI is InChI=1S/C25H29N3O3/c1-18(14-15-21-10-6-4-7-11-21)26-24(29)17-31-25(30)16-23-19(2)27-28(20(23)3)22-12-8-5-9-13-22/h4-13,18H,14-17H2,1-3H3,(H,26,29)/t18-/m1/s1. The van der Waals surface area contributed by atoms with Gasteiger partial charge in [-0.1, -0.05) is 48.5 Å². The summed E-state index contributed by atoms with van der Waals surface area (Å²) in [5.41, 5.74) is 4.66. The molecule has 6 nitrogen and oxygen atoms in total. The van der Waals surface area contributed by atoms with E-state index in [2.05, 4.69) is 22.5 Å². The number of nitrogens with zero attached hydrogens (tertiary/aromatic N) is 2. The molecule has 0 aliphatic carbocycles. The Balaban J connectivity index is 1.47. The van der Waals surface area contributed by atoms with Crippen LogP contribution in [-0.2, 0) is 27.2 Å². The molecule has 1 atom stereocenters. The Kier molecular flexibility index (Phi) is 7.60. The normalized spacial score (nSPS) is 11.7. The van der Waals surface area contributed by atoms with E-state index in [4.69, 9.17) is 4.74 Å². The molecule has 0 aliphatic rings. The van der Waals surface area contributed by atoms with Gasteiger partial charge in [-0.25, -0.2) is 4.68 Å². The van der Waals surface area contributed by atoms with Crippen molar-refractivity contribution in [2.24, 2.45) is 0 Å². The minimum Gasteiger partial charge on any atom is -0.455 e. The summed E-state index contributed by atoms with van der Waals surface area (Å²) in [5, 5.41) is 7.43. The molecule has 0 aliphatic heterocycles. The fourth-order valence-corrected chi connectivity index (χ4v) is 3.51. The van der Waals surface area contributed by atoms with Gasteiger partial charge < -0.3 is 10.1 Å². The number of hydrogen-bond donors (Lipinski definition) is 1. The van der Waals surface area contributed by atoms with Crippen molar-refractivity contribution in [2.45, 2.75) is 46.1 Å². The number of ether oxygens (including phenoxy) is 1. The summed E-state index contributed by atoms with van der Waals surface area (Å²) >= 11 is 0. The maximum absolute atomic E-state index is 12.3. The van der Waals surface area contributed by atoms with Crippen molar-refractivity contribution in [1.29, 1.82) is 0 Å². The lowest BCUT2D eigenvalue weighted by Gasteiger charge is -2.14. The molecule has 1 aromatic heterocycles. The number of carbonyl (C=O) groups is 2. The molecule has 3 rings (SSSR count). The van der Waals surface area contributed by atoms with Crippen LogP contribution in [0, 0.1) is 13.8 Å². The summed E-state index contributed by atoms with van der Waals surface area (Å²) < 4.78 is 7.03. The zero-order valence-corrected chi connectivity index (χ0v) is 18.3. The zero-order chi connectivity index (χ0) is 22.2. The SMILES string of the molecule is Cc1nn(-c2ccccc2)c(C)c1CC(=O)OCC(=O)N[C@H](C)CCc1ccccc1. The van der Waals surface area contributed by atoms with Crippen LogP contribution in [0.4, 0.5) is 0 Å². The molecule has 3 aromatic rings. The highest BCUT2D eigenvalue weighted by Gasteiger charge is 2.18. The molecule has 1 amide bonds. The quantitative estimate of drug-likeness (QED) is 0.537. The summed E-state index contributed by atoms with van der Waals surface area (Å²) in [6.07, 6.45) is 1.79. The van der Waals surface area contributed by atoms with Crippen molar-refractivity contribution in [1.82, 2.24) is 15.1 Å². The van der Waals surface area contributed by atoms with Crippen molar-refractivity contribution >= 4 is 11.9 Å². The predicted molar refractivity (Wildman–Crippen MR) is 120 cm³/mol. The Morgan fingerprint density at radius 3 is 2.35 bits per heavy atom. The van der Waals surface area contributed by atoms with Crippen molar-refractivity contribution in [3.05, 3.63) is 83.2 Å². The fourth-order valence-electron chi connectivity index (χ4n) is 3.51. The maximum atomic E-state index is 12.3. The molecular weight excluding hydrogens is 390 g/mol. The Bertz CT molecular complexity index is 1010. The van der Waals surface area contributed by atoms with E-state index in [0.717, 1.165) is 35.5 Å². The molecule has 0 bridgehead atoms. The van der Waals surface area contributed by atoms with Crippen LogP contribution in [0.5, 0.6) is 0 Å². The lowest BCUT2D eigenvalue weighted by molar-refractivity contribution is -0.148. The lowest BCUT2D eigenvalue weighted by Crippen LogP contribution is -2.36. The number of benzene rings is 2. The van der Waals surface area contributed by atoms with E-state index in [1.165, 1.54) is 5.56 Å². The van der Waals surface area contributed by atoms with Crippen LogP contribution in [0.2, 0.25) is 0 Å². The third kappa shape index (κ3) is 6.28. The molecular formula is C25H29N3O3. The van der Waals surface area contributed by atoms with Crippen LogP contribution in [0.25, 0.3) is 5.69 Å². The van der Waals surface area contributed by atoms with E-state index >= 15 is 0 Å². The van der Waals surface area contributed by atoms with E-state index in [9.17, 15) is 9.59 Å². The molecule has 2 aromatic carbocycles. The smallest absolute Gasteiger partial charge is 0.310 e. The minimum absolute atomic E-state index is 0.00000131. The highest BCUT2D eigenvalue weighted by atomic mass is 16.5. The first-order valence-electron chi connectivity index (χ1n) is 10.5. The highest BCUT2D eigenvalue weighted by molar-refractivity contribution is 5.81. The first-order chi connectivity index (χ1) is 14.9. The van der Waals surface area contributed by atoms with Gasteiger partial charge in [0.15, 0.2) is 6.61 Å². The van der Waals surface area contributed by atoms with Crippen LogP contribution in [0.3, 0.4) is 0 Å². The first kappa shape index (κ1) is 22.3. The van der Waals surface area contributed by atoms with Crippen molar-refractivity contribution < 1.29 is 14.3 Å². The summed E-state index contributed by atoms with van der Waals surface area (Å²) in [7, 11) is 0. The largest absolute Gasteiger partial charge is 0.455 e. The Morgan fingerprint density at radius 1 is 1.03 bits per heavy atom. The second kappa shape index (κ2) is 10.6. The number of aromatic nitrogens is 2. The first-order valence-corrected chi connectivity index (χ1v) is 10.5. The molecule has 0 unspecified atom stereocenters. The van der Waals surface area contributed by atoms with Gasteiger partial charge in [0.05, 0.1) is 17.8 Å². The van der Waals surface area contributed by atoms with Crippen LogP contribution >= 0.6 is 0 Å². The van der Waals surface area contributed by atoms with Gasteiger partial charge in [0.25, 0.3) is 5.91 Å². The van der Waals surface area contributed by atoms with Crippen molar-refractivity contribution in [2.75, 3.05) is 6.61 Å². The van der Waals surface area contributed by atoms with E-state index in [1.807, 2.05) is 74.0 Å². The molecule has 31 heavy (non-hydrogen) atoms. The second-order valence-electron chi connectivity index (χ2n) is 7.73. The molecule has 0 radical (unpaired) electrons. The molecule has 0 fully saturated rings. The van der Waals surface area contributed by atoms with Gasteiger partial charge in [-0.2, -0.15) is 5.10 Å². The van der Waals surface area contributed by atoms with Crippen LogP contribution in [-0.4, -0.2) is 34.3 Å². The molecule has 162 valence electrons. The van der Waals surface area contributed by atoms with E-state index in [0.29, 0.717) is 0 Å². The maximum Gasteiger partial charge on any atom is 0.310 e. The minimum atomic E-state index is -0.439. The van der Waals surface area contributed by atoms with Gasteiger partial charge in [0.2, 0.25) is 0 Å². The number of esters is 1. The Hall–Kier alpha value is -3.41. The number of hydrogen-bond acceptors (Lipinski definition) is 4. The average Bonchev–Trinajstić information content (AvgIpc) is 3.06. The summed E-state index contributed by atoms with van der Waals surface area (Å²) in [6, 6.07) is 19.9.